The van der Waals surface area contributed by atoms with Gasteiger partial charge in [0, 0.05) is 24.5 Å². The number of primary amides is 1. The maximum Gasteiger partial charge on any atom is 0.321 e. The van der Waals surface area contributed by atoms with Crippen molar-refractivity contribution in [2.75, 3.05) is 12.4 Å². The Morgan fingerprint density at radius 3 is 2.56 bits per heavy atom. The van der Waals surface area contributed by atoms with Gasteiger partial charge in [0.1, 0.15) is 0 Å². The highest BCUT2D eigenvalue weighted by atomic mass is 16.2. The Balaban J connectivity index is 1.54. The van der Waals surface area contributed by atoms with Crippen molar-refractivity contribution in [3.05, 3.63) is 76.9 Å². The number of benzene rings is 3. The van der Waals surface area contributed by atoms with Crippen LogP contribution in [0, 0.1) is 0 Å². The fraction of sp³-hybridized carbons (Fsp3) is 0.182. The lowest BCUT2D eigenvalue weighted by Gasteiger charge is -2.19. The third-order valence-electron chi connectivity index (χ3n) is 5.10. The Hall–Kier alpha value is -3.34. The number of amides is 3. The van der Waals surface area contributed by atoms with Crippen molar-refractivity contribution in [2.45, 2.75) is 19.4 Å². The van der Waals surface area contributed by atoms with Crippen LogP contribution < -0.4 is 11.1 Å². The molecule has 5 nitrogen and oxygen atoms in total. The molecule has 0 fully saturated rings. The highest BCUT2D eigenvalue weighted by Gasteiger charge is 2.17. The monoisotopic (exact) mass is 359 g/mol. The summed E-state index contributed by atoms with van der Waals surface area (Å²) in [5.74, 6) is -0.475. The molecular formula is C22H21N3O2. The lowest BCUT2D eigenvalue weighted by atomic mass is 10.0. The number of hydrogen-bond donors (Lipinski definition) is 2. The number of rotatable bonds is 4. The molecule has 1 aliphatic carbocycles. The molecule has 0 aliphatic heterocycles. The maximum absolute atomic E-state index is 12.7. The molecule has 27 heavy (non-hydrogen) atoms. The number of hydrogen-bond acceptors (Lipinski definition) is 2. The highest BCUT2D eigenvalue weighted by molar-refractivity contribution is 6.04. The van der Waals surface area contributed by atoms with Crippen LogP contribution in [0.3, 0.4) is 0 Å². The van der Waals surface area contributed by atoms with E-state index >= 15 is 0 Å². The second-order valence-corrected chi connectivity index (χ2v) is 6.96. The summed E-state index contributed by atoms with van der Waals surface area (Å²) in [4.78, 5) is 25.6. The van der Waals surface area contributed by atoms with E-state index in [2.05, 4.69) is 23.5 Å². The van der Waals surface area contributed by atoms with Gasteiger partial charge in [-0.15, -0.1) is 0 Å². The third kappa shape index (κ3) is 3.24. The molecule has 0 saturated heterocycles. The molecule has 0 bridgehead atoms. The number of urea groups is 1. The van der Waals surface area contributed by atoms with E-state index in [1.165, 1.54) is 16.5 Å². The Morgan fingerprint density at radius 1 is 1.04 bits per heavy atom. The largest absolute Gasteiger partial charge is 0.366 e. The van der Waals surface area contributed by atoms with Gasteiger partial charge in [-0.3, -0.25) is 4.79 Å². The zero-order valence-electron chi connectivity index (χ0n) is 15.2. The standard InChI is InChI=1S/C22H21N3O2/c1-25(13-14-4-2-6-17(12-14)21(23)26)22(27)24-19-11-10-16-9-8-15-5-3-7-18(19)20(15)16/h2-7,10-12H,8-9,13H2,1H3,(H2,23,26)(H,24,27). The summed E-state index contributed by atoms with van der Waals surface area (Å²) in [6.45, 7) is 0.383. The normalized spacial score (nSPS) is 12.2. The molecule has 0 radical (unpaired) electrons. The molecule has 0 heterocycles. The van der Waals surface area contributed by atoms with Crippen LogP contribution in [0.4, 0.5) is 10.5 Å². The summed E-state index contributed by atoms with van der Waals surface area (Å²) in [7, 11) is 1.73. The van der Waals surface area contributed by atoms with Crippen molar-refractivity contribution in [1.82, 2.24) is 4.90 Å². The van der Waals surface area contributed by atoms with Gasteiger partial charge in [-0.1, -0.05) is 36.4 Å². The van der Waals surface area contributed by atoms with E-state index in [0.717, 1.165) is 29.5 Å². The molecule has 1 aliphatic rings. The zero-order chi connectivity index (χ0) is 19.0. The van der Waals surface area contributed by atoms with Gasteiger partial charge in [0.15, 0.2) is 0 Å². The molecule has 3 aromatic carbocycles. The minimum Gasteiger partial charge on any atom is -0.366 e. The summed E-state index contributed by atoms with van der Waals surface area (Å²) in [5.41, 5.74) is 10.1. The SMILES string of the molecule is CN(Cc1cccc(C(N)=O)c1)C(=O)Nc1ccc2c3c(cccc13)CC2. The van der Waals surface area contributed by atoms with Crippen molar-refractivity contribution in [1.29, 1.82) is 0 Å². The van der Waals surface area contributed by atoms with Gasteiger partial charge in [0.05, 0.1) is 5.69 Å². The molecule has 0 spiro atoms. The van der Waals surface area contributed by atoms with Crippen LogP contribution in [0.2, 0.25) is 0 Å². The predicted octanol–water partition coefficient (Wildman–Crippen LogP) is 3.70. The molecular weight excluding hydrogens is 338 g/mol. The molecule has 3 N–H and O–H groups in total. The summed E-state index contributed by atoms with van der Waals surface area (Å²) in [5, 5.41) is 5.37. The van der Waals surface area contributed by atoms with E-state index < -0.39 is 5.91 Å². The molecule has 0 atom stereocenters. The highest BCUT2D eigenvalue weighted by Crippen LogP contribution is 2.35. The summed E-state index contributed by atoms with van der Waals surface area (Å²) in [6.07, 6.45) is 2.11. The summed E-state index contributed by atoms with van der Waals surface area (Å²) >= 11 is 0. The number of carbonyl (C=O) groups is 2. The van der Waals surface area contributed by atoms with Crippen molar-refractivity contribution in [3.8, 4) is 0 Å². The van der Waals surface area contributed by atoms with Gasteiger partial charge in [-0.25, -0.2) is 4.79 Å². The van der Waals surface area contributed by atoms with Crippen molar-refractivity contribution in [2.24, 2.45) is 5.73 Å². The fourth-order valence-corrected chi connectivity index (χ4v) is 3.74. The van der Waals surface area contributed by atoms with Gasteiger partial charge in [0.2, 0.25) is 5.91 Å². The third-order valence-corrected chi connectivity index (χ3v) is 5.10. The van der Waals surface area contributed by atoms with Gasteiger partial charge in [0.25, 0.3) is 0 Å². The first-order chi connectivity index (χ1) is 13.0. The van der Waals surface area contributed by atoms with Crippen LogP contribution in [0.25, 0.3) is 10.8 Å². The smallest absolute Gasteiger partial charge is 0.321 e. The molecule has 136 valence electrons. The average Bonchev–Trinajstić information content (AvgIpc) is 3.09. The minimum absolute atomic E-state index is 0.196. The van der Waals surface area contributed by atoms with Crippen LogP contribution in [0.5, 0.6) is 0 Å². The van der Waals surface area contributed by atoms with E-state index in [4.69, 9.17) is 5.73 Å². The predicted molar refractivity (Wildman–Crippen MR) is 107 cm³/mol. The van der Waals surface area contributed by atoms with E-state index in [1.54, 1.807) is 30.1 Å². The maximum atomic E-state index is 12.7. The second kappa shape index (κ2) is 6.76. The van der Waals surface area contributed by atoms with E-state index in [0.29, 0.717) is 12.1 Å². The zero-order valence-corrected chi connectivity index (χ0v) is 15.2. The number of carbonyl (C=O) groups excluding carboxylic acids is 2. The van der Waals surface area contributed by atoms with E-state index in [9.17, 15) is 9.59 Å². The topological polar surface area (TPSA) is 75.4 Å². The van der Waals surface area contributed by atoms with Crippen LogP contribution in [0.1, 0.15) is 27.0 Å². The lowest BCUT2D eigenvalue weighted by molar-refractivity contribution is 0.1000. The fourth-order valence-electron chi connectivity index (χ4n) is 3.74. The van der Waals surface area contributed by atoms with Crippen LogP contribution >= 0.6 is 0 Å². The lowest BCUT2D eigenvalue weighted by Crippen LogP contribution is -2.31. The first-order valence-corrected chi connectivity index (χ1v) is 8.97. The quantitative estimate of drug-likeness (QED) is 0.745. The Kier molecular flexibility index (Phi) is 4.28. The van der Waals surface area contributed by atoms with Gasteiger partial charge < -0.3 is 16.0 Å². The Morgan fingerprint density at radius 2 is 1.78 bits per heavy atom. The first-order valence-electron chi connectivity index (χ1n) is 8.97. The summed E-state index contributed by atoms with van der Waals surface area (Å²) in [6, 6.07) is 17.2. The minimum atomic E-state index is -0.475. The summed E-state index contributed by atoms with van der Waals surface area (Å²) < 4.78 is 0. The van der Waals surface area contributed by atoms with Gasteiger partial charge in [-0.2, -0.15) is 0 Å². The second-order valence-electron chi connectivity index (χ2n) is 6.96. The molecule has 4 rings (SSSR count). The van der Waals surface area contributed by atoms with E-state index in [-0.39, 0.29) is 6.03 Å². The van der Waals surface area contributed by atoms with Crippen LogP contribution in [-0.4, -0.2) is 23.9 Å². The first kappa shape index (κ1) is 17.1. The molecule has 5 heteroatoms. The number of aryl methyl sites for hydroxylation is 2. The number of anilines is 1. The number of nitrogens with zero attached hydrogens (tertiary/aromatic N) is 1. The van der Waals surface area contributed by atoms with Gasteiger partial charge >= 0.3 is 6.03 Å². The Bertz CT molecular complexity index is 1050. The molecule has 0 unspecified atom stereocenters. The molecule has 0 saturated carbocycles. The van der Waals surface area contributed by atoms with Gasteiger partial charge in [-0.05, 0) is 53.1 Å². The molecule has 3 aromatic rings. The Labute approximate surface area is 157 Å². The van der Waals surface area contributed by atoms with Crippen molar-refractivity contribution < 1.29 is 9.59 Å². The van der Waals surface area contributed by atoms with E-state index in [1.807, 2.05) is 18.2 Å². The number of nitrogens with one attached hydrogen (secondary N) is 1. The molecule has 3 amide bonds. The molecule has 0 aromatic heterocycles. The average molecular weight is 359 g/mol. The van der Waals surface area contributed by atoms with Crippen molar-refractivity contribution in [3.63, 3.8) is 0 Å². The van der Waals surface area contributed by atoms with Crippen molar-refractivity contribution >= 4 is 28.4 Å². The van der Waals surface area contributed by atoms with Crippen LogP contribution in [-0.2, 0) is 19.4 Å². The number of nitrogens with two attached hydrogens (primary N) is 1. The van der Waals surface area contributed by atoms with Crippen LogP contribution in [0.15, 0.2) is 54.6 Å².